The molecule has 1 aliphatic carbocycles. The van der Waals surface area contributed by atoms with Gasteiger partial charge < -0.3 is 5.32 Å². The third-order valence-electron chi connectivity index (χ3n) is 4.97. The van der Waals surface area contributed by atoms with Crippen molar-refractivity contribution < 1.29 is 0 Å². The van der Waals surface area contributed by atoms with E-state index in [-0.39, 0.29) is 0 Å². The molecular formula is C19H33NS. The average Bonchev–Trinajstić information content (AvgIpc) is 2.94. The van der Waals surface area contributed by atoms with Gasteiger partial charge in [0.05, 0.1) is 0 Å². The Morgan fingerprint density at radius 3 is 2.57 bits per heavy atom. The molecule has 1 saturated carbocycles. The van der Waals surface area contributed by atoms with Gasteiger partial charge in [-0.1, -0.05) is 33.6 Å². The first kappa shape index (κ1) is 17.0. The van der Waals surface area contributed by atoms with E-state index in [0.29, 0.717) is 0 Å². The maximum atomic E-state index is 3.83. The van der Waals surface area contributed by atoms with E-state index in [1.807, 2.05) is 11.3 Å². The minimum Gasteiger partial charge on any atom is -0.314 e. The lowest BCUT2D eigenvalue weighted by Crippen LogP contribution is -2.41. The van der Waals surface area contributed by atoms with E-state index in [1.165, 1.54) is 57.9 Å². The highest BCUT2D eigenvalue weighted by molar-refractivity contribution is 7.11. The fraction of sp³-hybridized carbons (Fsp3) is 0.789. The van der Waals surface area contributed by atoms with Gasteiger partial charge in [0.2, 0.25) is 0 Å². The lowest BCUT2D eigenvalue weighted by atomic mass is 9.74. The van der Waals surface area contributed by atoms with Crippen molar-refractivity contribution in [2.75, 3.05) is 6.54 Å². The summed E-state index contributed by atoms with van der Waals surface area (Å²) >= 11 is 2.04. The van der Waals surface area contributed by atoms with E-state index in [4.69, 9.17) is 0 Å². The highest BCUT2D eigenvalue weighted by Gasteiger charge is 2.30. The molecule has 120 valence electrons. The highest BCUT2D eigenvalue weighted by atomic mass is 32.1. The molecule has 21 heavy (non-hydrogen) atoms. The van der Waals surface area contributed by atoms with Crippen molar-refractivity contribution >= 4 is 11.3 Å². The lowest BCUT2D eigenvalue weighted by Gasteiger charge is -2.37. The van der Waals surface area contributed by atoms with Gasteiger partial charge >= 0.3 is 0 Å². The molecule has 0 spiro atoms. The molecule has 1 nitrogen and oxygen atoms in total. The molecule has 3 unspecified atom stereocenters. The molecule has 0 bridgehead atoms. The third kappa shape index (κ3) is 5.10. The molecule has 3 atom stereocenters. The fourth-order valence-electron chi connectivity index (χ4n) is 3.84. The van der Waals surface area contributed by atoms with Crippen molar-refractivity contribution in [2.24, 2.45) is 11.8 Å². The maximum absolute atomic E-state index is 3.83. The smallest absolute Gasteiger partial charge is 0.00989 e. The Hall–Kier alpha value is -0.340. The first-order valence-corrected chi connectivity index (χ1v) is 9.89. The van der Waals surface area contributed by atoms with Gasteiger partial charge in [-0.3, -0.25) is 0 Å². The van der Waals surface area contributed by atoms with Crippen LogP contribution in [0.2, 0.25) is 0 Å². The van der Waals surface area contributed by atoms with Crippen molar-refractivity contribution in [3.05, 3.63) is 21.9 Å². The van der Waals surface area contributed by atoms with Crippen LogP contribution in [0, 0.1) is 11.8 Å². The molecule has 0 aromatic carbocycles. The number of hydrogen-bond acceptors (Lipinski definition) is 2. The predicted molar refractivity (Wildman–Crippen MR) is 95.2 cm³/mol. The zero-order chi connectivity index (χ0) is 15.1. The maximum Gasteiger partial charge on any atom is 0.00989 e. The predicted octanol–water partition coefficient (Wildman–Crippen LogP) is 5.44. The molecule has 1 aromatic rings. The Labute approximate surface area is 135 Å². The summed E-state index contributed by atoms with van der Waals surface area (Å²) in [6.07, 6.45) is 10.8. The standard InChI is InChI=1S/C19H33NS/c1-4-7-15-8-11-19(20-12-5-2)16(13-15)14-18-10-9-17(6-3)21-18/h9-10,15-16,19-20H,4-8,11-14H2,1-3H3. The summed E-state index contributed by atoms with van der Waals surface area (Å²) in [5.41, 5.74) is 0. The summed E-state index contributed by atoms with van der Waals surface area (Å²) in [5.74, 6) is 1.83. The first-order valence-electron chi connectivity index (χ1n) is 9.07. The van der Waals surface area contributed by atoms with Gasteiger partial charge in [-0.15, -0.1) is 11.3 Å². The molecule has 2 heteroatoms. The molecule has 1 aromatic heterocycles. The van der Waals surface area contributed by atoms with Crippen LogP contribution < -0.4 is 5.32 Å². The molecule has 0 saturated heterocycles. The van der Waals surface area contributed by atoms with E-state index < -0.39 is 0 Å². The summed E-state index contributed by atoms with van der Waals surface area (Å²) in [6, 6.07) is 5.47. The summed E-state index contributed by atoms with van der Waals surface area (Å²) in [4.78, 5) is 3.15. The molecule has 0 aliphatic heterocycles. The number of rotatable bonds is 8. The van der Waals surface area contributed by atoms with Crippen LogP contribution in [0.15, 0.2) is 12.1 Å². The molecule has 1 heterocycles. The van der Waals surface area contributed by atoms with E-state index in [2.05, 4.69) is 38.2 Å². The van der Waals surface area contributed by atoms with Crippen LogP contribution in [-0.4, -0.2) is 12.6 Å². The largest absolute Gasteiger partial charge is 0.314 e. The molecule has 2 rings (SSSR count). The van der Waals surface area contributed by atoms with Crippen LogP contribution in [0.3, 0.4) is 0 Å². The Bertz CT molecular complexity index is 398. The number of thiophene rings is 1. The van der Waals surface area contributed by atoms with Crippen LogP contribution >= 0.6 is 11.3 Å². The van der Waals surface area contributed by atoms with E-state index in [9.17, 15) is 0 Å². The molecular weight excluding hydrogens is 274 g/mol. The van der Waals surface area contributed by atoms with Gasteiger partial charge in [-0.2, -0.15) is 0 Å². The summed E-state index contributed by atoms with van der Waals surface area (Å²) < 4.78 is 0. The van der Waals surface area contributed by atoms with E-state index in [0.717, 1.165) is 17.9 Å². The number of nitrogens with one attached hydrogen (secondary N) is 1. The SMILES string of the molecule is CCCNC1CCC(CCC)CC1Cc1ccc(CC)s1. The highest BCUT2D eigenvalue weighted by Crippen LogP contribution is 2.35. The quantitative estimate of drug-likeness (QED) is 0.674. The van der Waals surface area contributed by atoms with Crippen LogP contribution in [0.5, 0.6) is 0 Å². The summed E-state index contributed by atoms with van der Waals surface area (Å²) in [6.45, 7) is 8.06. The Morgan fingerprint density at radius 2 is 1.90 bits per heavy atom. The van der Waals surface area contributed by atoms with E-state index >= 15 is 0 Å². The zero-order valence-electron chi connectivity index (χ0n) is 14.2. The second kappa shape index (κ2) is 8.95. The van der Waals surface area contributed by atoms with Gasteiger partial charge in [0.25, 0.3) is 0 Å². The molecule has 0 radical (unpaired) electrons. The second-order valence-corrected chi connectivity index (χ2v) is 7.97. The van der Waals surface area contributed by atoms with Crippen molar-refractivity contribution in [2.45, 2.75) is 78.2 Å². The minimum atomic E-state index is 0.755. The lowest BCUT2D eigenvalue weighted by molar-refractivity contribution is 0.194. The van der Waals surface area contributed by atoms with Gasteiger partial charge in [-0.25, -0.2) is 0 Å². The minimum absolute atomic E-state index is 0.755. The second-order valence-electron chi connectivity index (χ2n) is 6.71. The van der Waals surface area contributed by atoms with Gasteiger partial charge in [0, 0.05) is 15.8 Å². The van der Waals surface area contributed by atoms with Crippen LogP contribution in [0.25, 0.3) is 0 Å². The van der Waals surface area contributed by atoms with Gasteiger partial charge in [0.1, 0.15) is 0 Å². The van der Waals surface area contributed by atoms with Crippen molar-refractivity contribution in [3.63, 3.8) is 0 Å². The van der Waals surface area contributed by atoms with Crippen LogP contribution in [0.4, 0.5) is 0 Å². The van der Waals surface area contributed by atoms with Crippen molar-refractivity contribution in [1.29, 1.82) is 0 Å². The van der Waals surface area contributed by atoms with Gasteiger partial charge in [0.15, 0.2) is 0 Å². The third-order valence-corrected chi connectivity index (χ3v) is 6.23. The number of hydrogen-bond donors (Lipinski definition) is 1. The molecule has 0 amide bonds. The van der Waals surface area contributed by atoms with Crippen LogP contribution in [-0.2, 0) is 12.8 Å². The Morgan fingerprint density at radius 1 is 1.10 bits per heavy atom. The Balaban J connectivity index is 1.97. The first-order chi connectivity index (χ1) is 10.3. The molecule has 1 N–H and O–H groups in total. The number of aryl methyl sites for hydroxylation is 1. The van der Waals surface area contributed by atoms with E-state index in [1.54, 1.807) is 9.75 Å². The zero-order valence-corrected chi connectivity index (χ0v) is 15.0. The monoisotopic (exact) mass is 307 g/mol. The van der Waals surface area contributed by atoms with Crippen molar-refractivity contribution in [1.82, 2.24) is 5.32 Å². The fourth-order valence-corrected chi connectivity index (χ4v) is 4.89. The normalized spacial score (nSPS) is 26.1. The van der Waals surface area contributed by atoms with Crippen LogP contribution in [0.1, 0.15) is 69.1 Å². The molecule has 1 aliphatic rings. The molecule has 1 fully saturated rings. The summed E-state index contributed by atoms with van der Waals surface area (Å²) in [5, 5.41) is 3.83. The van der Waals surface area contributed by atoms with Gasteiger partial charge in [-0.05, 0) is 69.0 Å². The topological polar surface area (TPSA) is 12.0 Å². The Kier molecular flexibility index (Phi) is 7.25. The average molecular weight is 308 g/mol. The summed E-state index contributed by atoms with van der Waals surface area (Å²) in [7, 11) is 0. The van der Waals surface area contributed by atoms with Crippen molar-refractivity contribution in [3.8, 4) is 0 Å².